The van der Waals surface area contributed by atoms with E-state index in [1.165, 1.54) is 45.3 Å². The van der Waals surface area contributed by atoms with Crippen LogP contribution in [0, 0.1) is 0 Å². The van der Waals surface area contributed by atoms with Gasteiger partial charge in [-0.2, -0.15) is 0 Å². The van der Waals surface area contributed by atoms with E-state index in [0.717, 1.165) is 0 Å². The summed E-state index contributed by atoms with van der Waals surface area (Å²) >= 11 is 0. The monoisotopic (exact) mass is 169 g/mol. The second-order valence-electron chi connectivity index (χ2n) is 3.99. The SMILES string of the molecule is NC1CCN(C2CCCN2)CC1. The number of nitrogens with one attached hydrogen (secondary N) is 1. The van der Waals surface area contributed by atoms with Gasteiger partial charge in [0.05, 0.1) is 6.17 Å². The molecule has 70 valence electrons. The quantitative estimate of drug-likeness (QED) is 0.586. The summed E-state index contributed by atoms with van der Waals surface area (Å²) in [5.74, 6) is 0. The van der Waals surface area contributed by atoms with Crippen molar-refractivity contribution >= 4 is 0 Å². The molecular weight excluding hydrogens is 150 g/mol. The number of rotatable bonds is 1. The molecule has 0 radical (unpaired) electrons. The highest BCUT2D eigenvalue weighted by atomic mass is 15.3. The lowest BCUT2D eigenvalue weighted by Crippen LogP contribution is -2.48. The van der Waals surface area contributed by atoms with Crippen LogP contribution in [0.15, 0.2) is 0 Å². The van der Waals surface area contributed by atoms with Gasteiger partial charge < -0.3 is 11.1 Å². The van der Waals surface area contributed by atoms with Crippen LogP contribution in [0.2, 0.25) is 0 Å². The van der Waals surface area contributed by atoms with E-state index in [1.54, 1.807) is 0 Å². The molecule has 2 rings (SSSR count). The molecule has 0 aromatic carbocycles. The van der Waals surface area contributed by atoms with Crippen molar-refractivity contribution in [1.29, 1.82) is 0 Å². The number of nitrogens with zero attached hydrogens (tertiary/aromatic N) is 1. The molecule has 2 aliphatic heterocycles. The van der Waals surface area contributed by atoms with E-state index in [1.807, 2.05) is 0 Å². The van der Waals surface area contributed by atoms with Gasteiger partial charge in [0.2, 0.25) is 0 Å². The second-order valence-corrected chi connectivity index (χ2v) is 3.99. The average Bonchev–Trinajstić information content (AvgIpc) is 2.58. The summed E-state index contributed by atoms with van der Waals surface area (Å²) in [5.41, 5.74) is 5.85. The van der Waals surface area contributed by atoms with Crippen molar-refractivity contribution in [3.8, 4) is 0 Å². The standard InChI is InChI=1S/C9H19N3/c10-8-3-6-12(7-4-8)9-2-1-5-11-9/h8-9,11H,1-7,10H2. The van der Waals surface area contributed by atoms with E-state index in [9.17, 15) is 0 Å². The first-order valence-electron chi connectivity index (χ1n) is 5.09. The minimum Gasteiger partial charge on any atom is -0.328 e. The number of hydrogen-bond donors (Lipinski definition) is 2. The maximum atomic E-state index is 5.85. The Morgan fingerprint density at radius 3 is 2.50 bits per heavy atom. The van der Waals surface area contributed by atoms with Crippen LogP contribution in [0.1, 0.15) is 25.7 Å². The maximum Gasteiger partial charge on any atom is 0.0597 e. The molecule has 3 nitrogen and oxygen atoms in total. The fraction of sp³-hybridized carbons (Fsp3) is 1.00. The lowest BCUT2D eigenvalue weighted by atomic mass is 10.1. The summed E-state index contributed by atoms with van der Waals surface area (Å²) in [4.78, 5) is 2.55. The summed E-state index contributed by atoms with van der Waals surface area (Å²) in [5, 5.41) is 3.53. The summed E-state index contributed by atoms with van der Waals surface area (Å²) in [6, 6.07) is 0.461. The zero-order chi connectivity index (χ0) is 8.39. The predicted octanol–water partition coefficient (Wildman–Crippen LogP) is 0.119. The zero-order valence-corrected chi connectivity index (χ0v) is 7.63. The van der Waals surface area contributed by atoms with Gasteiger partial charge in [-0.1, -0.05) is 0 Å². The fourth-order valence-electron chi connectivity index (χ4n) is 2.21. The highest BCUT2D eigenvalue weighted by Crippen LogP contribution is 2.16. The van der Waals surface area contributed by atoms with E-state index >= 15 is 0 Å². The topological polar surface area (TPSA) is 41.3 Å². The molecule has 0 amide bonds. The highest BCUT2D eigenvalue weighted by molar-refractivity contribution is 4.81. The first-order valence-corrected chi connectivity index (χ1v) is 5.09. The molecule has 2 saturated heterocycles. The average molecular weight is 169 g/mol. The van der Waals surface area contributed by atoms with E-state index in [2.05, 4.69) is 10.2 Å². The first kappa shape index (κ1) is 8.48. The number of piperidine rings is 1. The minimum atomic E-state index is 0.461. The Kier molecular flexibility index (Phi) is 2.63. The molecule has 3 heteroatoms. The lowest BCUT2D eigenvalue weighted by molar-refractivity contribution is 0.141. The number of nitrogens with two attached hydrogens (primary N) is 1. The fourth-order valence-corrected chi connectivity index (χ4v) is 2.21. The van der Waals surface area contributed by atoms with Gasteiger partial charge in [0, 0.05) is 19.1 Å². The molecular formula is C9H19N3. The molecule has 1 unspecified atom stereocenters. The van der Waals surface area contributed by atoms with Crippen LogP contribution >= 0.6 is 0 Å². The Morgan fingerprint density at radius 1 is 1.17 bits per heavy atom. The van der Waals surface area contributed by atoms with Crippen LogP contribution < -0.4 is 11.1 Å². The van der Waals surface area contributed by atoms with E-state index < -0.39 is 0 Å². The zero-order valence-electron chi connectivity index (χ0n) is 7.63. The van der Waals surface area contributed by atoms with Gasteiger partial charge in [0.15, 0.2) is 0 Å². The molecule has 0 aromatic rings. The van der Waals surface area contributed by atoms with Crippen molar-refractivity contribution in [3.05, 3.63) is 0 Å². The van der Waals surface area contributed by atoms with Crippen LogP contribution in [0.25, 0.3) is 0 Å². The smallest absolute Gasteiger partial charge is 0.0597 e. The van der Waals surface area contributed by atoms with E-state index in [4.69, 9.17) is 5.73 Å². The van der Waals surface area contributed by atoms with Gasteiger partial charge in [-0.05, 0) is 32.2 Å². The first-order chi connectivity index (χ1) is 5.86. The second kappa shape index (κ2) is 3.73. The molecule has 0 spiro atoms. The lowest BCUT2D eigenvalue weighted by Gasteiger charge is -2.34. The normalized spacial score (nSPS) is 34.2. The third-order valence-electron chi connectivity index (χ3n) is 3.05. The molecule has 1 atom stereocenters. The van der Waals surface area contributed by atoms with Gasteiger partial charge in [0.25, 0.3) is 0 Å². The molecule has 2 aliphatic rings. The van der Waals surface area contributed by atoms with Gasteiger partial charge >= 0.3 is 0 Å². The van der Waals surface area contributed by atoms with Crippen LogP contribution in [-0.4, -0.2) is 36.7 Å². The summed E-state index contributed by atoms with van der Waals surface area (Å²) in [6.07, 6.45) is 5.69. The molecule has 2 heterocycles. The van der Waals surface area contributed by atoms with Gasteiger partial charge in [-0.25, -0.2) is 0 Å². The van der Waals surface area contributed by atoms with Crippen molar-refractivity contribution < 1.29 is 0 Å². The largest absolute Gasteiger partial charge is 0.328 e. The summed E-state index contributed by atoms with van der Waals surface area (Å²) < 4.78 is 0. The molecule has 0 aromatic heterocycles. The van der Waals surface area contributed by atoms with Crippen molar-refractivity contribution in [2.24, 2.45) is 5.73 Å². The molecule has 0 bridgehead atoms. The van der Waals surface area contributed by atoms with E-state index in [0.29, 0.717) is 12.2 Å². The van der Waals surface area contributed by atoms with Crippen LogP contribution in [0.3, 0.4) is 0 Å². The van der Waals surface area contributed by atoms with Crippen LogP contribution in [-0.2, 0) is 0 Å². The molecule has 3 N–H and O–H groups in total. The minimum absolute atomic E-state index is 0.461. The molecule has 0 saturated carbocycles. The Bertz CT molecular complexity index is 135. The third-order valence-corrected chi connectivity index (χ3v) is 3.05. The van der Waals surface area contributed by atoms with Crippen molar-refractivity contribution in [3.63, 3.8) is 0 Å². The van der Waals surface area contributed by atoms with E-state index in [-0.39, 0.29) is 0 Å². The van der Waals surface area contributed by atoms with Crippen molar-refractivity contribution in [2.75, 3.05) is 19.6 Å². The summed E-state index contributed by atoms with van der Waals surface area (Å²) in [6.45, 7) is 3.59. The number of hydrogen-bond acceptors (Lipinski definition) is 3. The molecule has 0 aliphatic carbocycles. The highest BCUT2D eigenvalue weighted by Gasteiger charge is 2.24. The van der Waals surface area contributed by atoms with Gasteiger partial charge in [-0.15, -0.1) is 0 Å². The van der Waals surface area contributed by atoms with Crippen molar-refractivity contribution in [1.82, 2.24) is 10.2 Å². The van der Waals surface area contributed by atoms with Crippen molar-refractivity contribution in [2.45, 2.75) is 37.9 Å². The Hall–Kier alpha value is -0.120. The Balaban J connectivity index is 1.80. The Morgan fingerprint density at radius 2 is 1.92 bits per heavy atom. The van der Waals surface area contributed by atoms with Gasteiger partial charge in [0.1, 0.15) is 0 Å². The summed E-state index contributed by atoms with van der Waals surface area (Å²) in [7, 11) is 0. The Labute approximate surface area is 74.3 Å². The van der Waals surface area contributed by atoms with Crippen LogP contribution in [0.4, 0.5) is 0 Å². The molecule has 2 fully saturated rings. The molecule has 12 heavy (non-hydrogen) atoms. The third kappa shape index (κ3) is 1.79. The maximum absolute atomic E-state index is 5.85. The van der Waals surface area contributed by atoms with Crippen LogP contribution in [0.5, 0.6) is 0 Å². The predicted molar refractivity (Wildman–Crippen MR) is 49.8 cm³/mol. The number of likely N-dealkylation sites (tertiary alicyclic amines) is 1. The van der Waals surface area contributed by atoms with Gasteiger partial charge in [-0.3, -0.25) is 4.90 Å².